The number of aromatic nitrogens is 2. The average molecular weight is 532 g/mol. The molecule has 3 aliphatic rings. The zero-order valence-electron chi connectivity index (χ0n) is 21.7. The molecule has 0 aliphatic carbocycles. The highest BCUT2D eigenvalue weighted by atomic mass is 16.5. The fourth-order valence-corrected chi connectivity index (χ4v) is 5.21. The van der Waals surface area contributed by atoms with Crippen LogP contribution in [0.1, 0.15) is 40.0 Å². The predicted molar refractivity (Wildman–Crippen MR) is 141 cm³/mol. The number of hydrogen-bond donors (Lipinski definition) is 1. The zero-order valence-corrected chi connectivity index (χ0v) is 21.7. The van der Waals surface area contributed by atoms with Gasteiger partial charge in [-0.05, 0) is 30.9 Å². The summed E-state index contributed by atoms with van der Waals surface area (Å²) in [4.78, 5) is 50.9. The Balaban J connectivity index is 1.37. The second-order valence-corrected chi connectivity index (χ2v) is 9.63. The Morgan fingerprint density at radius 2 is 2.21 bits per heavy atom. The molecule has 12 heteroatoms. The van der Waals surface area contributed by atoms with Crippen LogP contribution in [0, 0.1) is 11.3 Å². The van der Waals surface area contributed by atoms with E-state index in [2.05, 4.69) is 26.3 Å². The number of carbonyl (C=O) groups excluding carboxylic acids is 3. The number of rotatable bonds is 6. The lowest BCUT2D eigenvalue weighted by Gasteiger charge is -2.31. The number of carbonyl (C=O) groups is 2. The van der Waals surface area contributed by atoms with E-state index in [1.807, 2.05) is 16.9 Å². The number of hydrogen-bond acceptors (Lipinski definition) is 10. The fourth-order valence-electron chi connectivity index (χ4n) is 5.21. The number of amides is 2. The molecule has 12 nitrogen and oxygen atoms in total. The Bertz CT molecular complexity index is 1370. The van der Waals surface area contributed by atoms with Crippen LogP contribution in [0.4, 0.5) is 22.1 Å². The van der Waals surface area contributed by atoms with Crippen LogP contribution in [0.15, 0.2) is 24.0 Å². The van der Waals surface area contributed by atoms with Crippen molar-refractivity contribution in [2.24, 2.45) is 0 Å². The highest BCUT2D eigenvalue weighted by Gasteiger charge is 2.29. The Morgan fingerprint density at radius 1 is 1.33 bits per heavy atom. The molecule has 1 N–H and O–H groups in total. The largest absolute Gasteiger partial charge is 0.380 e. The third-order valence-electron chi connectivity index (χ3n) is 7.29. The van der Waals surface area contributed by atoms with Gasteiger partial charge in [0, 0.05) is 57.7 Å². The number of fused-ring (bicyclic) bond motifs is 1. The lowest BCUT2D eigenvalue weighted by Crippen LogP contribution is -2.40. The summed E-state index contributed by atoms with van der Waals surface area (Å²) >= 11 is 0. The van der Waals surface area contributed by atoms with Crippen molar-refractivity contribution in [3.8, 4) is 6.07 Å². The number of pyridine rings is 2. The van der Waals surface area contributed by atoms with Gasteiger partial charge in [0.15, 0.2) is 6.29 Å². The molecule has 0 bridgehead atoms. The number of methoxy groups -OCH3 is 1. The summed E-state index contributed by atoms with van der Waals surface area (Å²) in [5, 5.41) is 12.4. The third kappa shape index (κ3) is 5.47. The molecule has 5 rings (SSSR count). The number of nitrogens with zero attached hydrogens (tertiary/aromatic N) is 6. The van der Waals surface area contributed by atoms with Crippen LogP contribution in [-0.2, 0) is 27.2 Å². The molecule has 2 amide bonds. The quantitative estimate of drug-likeness (QED) is 0.434. The van der Waals surface area contributed by atoms with Gasteiger partial charge in [0.05, 0.1) is 30.6 Å². The average Bonchev–Trinajstić information content (AvgIpc) is 3.46. The summed E-state index contributed by atoms with van der Waals surface area (Å²) in [5.41, 5.74) is 3.26. The molecule has 2 fully saturated rings. The number of morpholine rings is 1. The van der Waals surface area contributed by atoms with Crippen LogP contribution in [0.5, 0.6) is 0 Å². The summed E-state index contributed by atoms with van der Waals surface area (Å²) in [7, 11) is 1.67. The zero-order chi connectivity index (χ0) is 27.4. The standard InChI is InChI=1S/C27H29N7O5/c1-38-22-4-6-33(14-22)24-10-25(29-12-20(24)11-28)31-27(37)34-5-2-3-18-9-19(23(16-36)30-26(18)34)13-32-7-8-39-17-21(32)15-35/h9-10,12,16,22H,2-8,13-14,17H2,1H3,(H,29,31,37)/t22-/m1/s1. The van der Waals surface area contributed by atoms with Crippen LogP contribution in [0.2, 0.25) is 0 Å². The van der Waals surface area contributed by atoms with Gasteiger partial charge in [0.25, 0.3) is 0 Å². The Labute approximate surface area is 225 Å². The first kappa shape index (κ1) is 26.3. The van der Waals surface area contributed by atoms with E-state index in [1.165, 1.54) is 11.1 Å². The lowest BCUT2D eigenvalue weighted by molar-refractivity contribution is 0.0718. The summed E-state index contributed by atoms with van der Waals surface area (Å²) in [6, 6.07) is 5.34. The monoisotopic (exact) mass is 531 g/mol. The molecule has 1 atom stereocenters. The summed E-state index contributed by atoms with van der Waals surface area (Å²) in [6.07, 6.45) is 4.48. The third-order valence-corrected chi connectivity index (χ3v) is 7.29. The minimum atomic E-state index is -0.424. The molecule has 0 unspecified atom stereocenters. The second kappa shape index (κ2) is 11.6. The molecule has 5 heterocycles. The van der Waals surface area contributed by atoms with Gasteiger partial charge >= 0.3 is 6.03 Å². The Hall–Kier alpha value is -4.30. The lowest BCUT2D eigenvalue weighted by atomic mass is 10.0. The summed E-state index contributed by atoms with van der Waals surface area (Å²) in [5.74, 6) is 2.66. The number of aryl methyl sites for hydroxylation is 1. The van der Waals surface area contributed by atoms with E-state index in [1.54, 1.807) is 13.2 Å². The van der Waals surface area contributed by atoms with E-state index in [0.717, 1.165) is 24.9 Å². The number of nitriles is 1. The van der Waals surface area contributed by atoms with Crippen LogP contribution in [0.25, 0.3) is 0 Å². The van der Waals surface area contributed by atoms with Gasteiger partial charge in [-0.1, -0.05) is 0 Å². The van der Waals surface area contributed by atoms with E-state index in [9.17, 15) is 19.6 Å². The molecule has 0 aromatic carbocycles. The van der Waals surface area contributed by atoms with Crippen LogP contribution >= 0.6 is 0 Å². The first-order valence-corrected chi connectivity index (χ1v) is 12.9. The fraction of sp³-hybridized carbons (Fsp3) is 0.444. The van der Waals surface area contributed by atoms with Gasteiger partial charge in [-0.3, -0.25) is 15.0 Å². The maximum Gasteiger partial charge on any atom is 0.328 e. The van der Waals surface area contributed by atoms with Crippen molar-refractivity contribution >= 4 is 35.6 Å². The molecule has 2 aromatic heterocycles. The Morgan fingerprint density at radius 3 is 2.95 bits per heavy atom. The van der Waals surface area contributed by atoms with Crippen LogP contribution in [-0.4, -0.2) is 85.7 Å². The van der Waals surface area contributed by atoms with E-state index in [4.69, 9.17) is 9.47 Å². The van der Waals surface area contributed by atoms with Crippen LogP contribution < -0.4 is 15.1 Å². The summed E-state index contributed by atoms with van der Waals surface area (Å²) < 4.78 is 10.8. The number of urea groups is 1. The van der Waals surface area contributed by atoms with Crippen molar-refractivity contribution in [3.05, 3.63) is 46.4 Å². The maximum atomic E-state index is 13.4. The molecule has 39 heavy (non-hydrogen) atoms. The van der Waals surface area contributed by atoms with Crippen molar-refractivity contribution in [1.82, 2.24) is 14.9 Å². The normalized spacial score (nSPS) is 18.8. The van der Waals surface area contributed by atoms with Crippen molar-refractivity contribution < 1.29 is 23.9 Å². The topological polar surface area (TPSA) is 141 Å². The van der Waals surface area contributed by atoms with Crippen molar-refractivity contribution in [1.29, 1.82) is 5.26 Å². The SMILES string of the molecule is CO[C@@H]1CCN(c2cc(NC(=O)N3CCCc4cc(CN5CCOCC5=C=O)c(C=O)nc43)ncc2C#N)C1. The second-order valence-electron chi connectivity index (χ2n) is 9.63. The molecular weight excluding hydrogens is 502 g/mol. The van der Waals surface area contributed by atoms with Gasteiger partial charge < -0.3 is 19.3 Å². The van der Waals surface area contributed by atoms with E-state index < -0.39 is 6.03 Å². The molecule has 202 valence electrons. The Kier molecular flexibility index (Phi) is 7.84. The highest BCUT2D eigenvalue weighted by molar-refractivity contribution is 6.02. The maximum absolute atomic E-state index is 13.4. The van der Waals surface area contributed by atoms with E-state index in [0.29, 0.717) is 79.6 Å². The minimum Gasteiger partial charge on any atom is -0.380 e. The predicted octanol–water partition coefficient (Wildman–Crippen LogP) is 1.92. The smallest absolute Gasteiger partial charge is 0.328 e. The number of anilines is 3. The van der Waals surface area contributed by atoms with Gasteiger partial charge in [-0.15, -0.1) is 0 Å². The molecule has 0 spiro atoms. The van der Waals surface area contributed by atoms with E-state index >= 15 is 0 Å². The number of nitrogens with one attached hydrogen (secondary N) is 1. The molecule has 0 radical (unpaired) electrons. The first-order valence-electron chi connectivity index (χ1n) is 12.9. The van der Waals surface area contributed by atoms with Crippen molar-refractivity contribution in [2.45, 2.75) is 31.9 Å². The molecule has 2 saturated heterocycles. The highest BCUT2D eigenvalue weighted by Crippen LogP contribution is 2.30. The van der Waals surface area contributed by atoms with E-state index in [-0.39, 0.29) is 18.4 Å². The van der Waals surface area contributed by atoms with Gasteiger partial charge in [-0.2, -0.15) is 5.26 Å². The van der Waals surface area contributed by atoms with Gasteiger partial charge in [0.1, 0.15) is 35.0 Å². The summed E-state index contributed by atoms with van der Waals surface area (Å²) in [6.45, 7) is 3.31. The first-order chi connectivity index (χ1) is 19.0. The molecule has 0 saturated carbocycles. The van der Waals surface area contributed by atoms with Gasteiger partial charge in [-0.25, -0.2) is 19.6 Å². The minimum absolute atomic E-state index is 0.0832. The van der Waals surface area contributed by atoms with Crippen molar-refractivity contribution in [3.63, 3.8) is 0 Å². The number of ether oxygens (including phenoxy) is 2. The molecule has 3 aliphatic heterocycles. The molecule has 2 aromatic rings. The number of aldehydes is 1. The van der Waals surface area contributed by atoms with Gasteiger partial charge in [0.2, 0.25) is 0 Å². The molecular formula is C27H29N7O5. The van der Waals surface area contributed by atoms with Crippen LogP contribution in [0.3, 0.4) is 0 Å². The van der Waals surface area contributed by atoms with Crippen molar-refractivity contribution in [2.75, 3.05) is 61.6 Å².